The van der Waals surface area contributed by atoms with E-state index in [9.17, 15) is 18.0 Å². The molecule has 0 saturated carbocycles. The number of hydrogen-bond acceptors (Lipinski definition) is 2. The zero-order valence-electron chi connectivity index (χ0n) is 8.23. The molecule has 0 unspecified atom stereocenters. The molecule has 0 spiro atoms. The third-order valence-corrected chi connectivity index (χ3v) is 2.32. The highest BCUT2D eigenvalue weighted by Crippen LogP contribution is 2.22. The normalized spacial score (nSPS) is 12.7. The van der Waals surface area contributed by atoms with Gasteiger partial charge in [-0.15, -0.1) is 0 Å². The molecule has 0 aromatic carbocycles. The van der Waals surface area contributed by atoms with E-state index < -0.39 is 18.6 Å². The highest BCUT2D eigenvalue weighted by atomic mass is 127. The second kappa shape index (κ2) is 7.08. The third kappa shape index (κ3) is 8.71. The first-order valence-corrected chi connectivity index (χ1v) is 5.54. The van der Waals surface area contributed by atoms with Crippen LogP contribution in [0.5, 0.6) is 0 Å². The molecule has 2 nitrogen and oxygen atoms in total. The Morgan fingerprint density at radius 1 is 1.47 bits per heavy atom. The Morgan fingerprint density at radius 3 is 2.53 bits per heavy atom. The van der Waals surface area contributed by atoms with Crippen LogP contribution < -0.4 is 0 Å². The summed E-state index contributed by atoms with van der Waals surface area (Å²) >= 11 is 1.55. The van der Waals surface area contributed by atoms with Gasteiger partial charge in [0.15, 0.2) is 0 Å². The molecule has 0 heterocycles. The van der Waals surface area contributed by atoms with Crippen LogP contribution in [0.2, 0.25) is 0 Å². The first-order valence-electron chi connectivity index (χ1n) is 4.46. The van der Waals surface area contributed by atoms with Crippen molar-refractivity contribution in [2.45, 2.75) is 32.4 Å². The van der Waals surface area contributed by atoms with Crippen molar-refractivity contribution in [3.05, 3.63) is 9.66 Å². The average Bonchev–Trinajstić information content (AvgIpc) is 2.13. The second-order valence-corrected chi connectivity index (χ2v) is 4.02. The van der Waals surface area contributed by atoms with E-state index >= 15 is 0 Å². The van der Waals surface area contributed by atoms with Crippen molar-refractivity contribution >= 4 is 28.6 Å². The SMILES string of the molecule is CCCCOC(=O)/C(I)=C/CC(F)(F)F. The molecule has 15 heavy (non-hydrogen) atoms. The predicted molar refractivity (Wildman–Crippen MR) is 58.6 cm³/mol. The average molecular weight is 336 g/mol. The molecule has 6 heteroatoms. The van der Waals surface area contributed by atoms with Crippen LogP contribution in [-0.4, -0.2) is 18.8 Å². The van der Waals surface area contributed by atoms with Crippen molar-refractivity contribution in [2.75, 3.05) is 6.61 Å². The number of allylic oxidation sites excluding steroid dienone is 1. The summed E-state index contributed by atoms with van der Waals surface area (Å²) in [6.07, 6.45) is -2.96. The van der Waals surface area contributed by atoms with Crippen LogP contribution in [0.1, 0.15) is 26.2 Å². The van der Waals surface area contributed by atoms with Gasteiger partial charge < -0.3 is 4.74 Å². The number of carbonyl (C=O) groups excluding carboxylic acids is 1. The monoisotopic (exact) mass is 336 g/mol. The molecule has 0 N–H and O–H groups in total. The van der Waals surface area contributed by atoms with Gasteiger partial charge in [-0.3, -0.25) is 0 Å². The van der Waals surface area contributed by atoms with E-state index in [0.717, 1.165) is 18.9 Å². The summed E-state index contributed by atoms with van der Waals surface area (Å²) in [5, 5.41) is 0. The Hall–Kier alpha value is -0.270. The first-order chi connectivity index (χ1) is 6.87. The maximum atomic E-state index is 11.8. The molecular formula is C9H12F3IO2. The molecule has 0 fully saturated rings. The summed E-state index contributed by atoms with van der Waals surface area (Å²) in [6, 6.07) is 0. The summed E-state index contributed by atoms with van der Waals surface area (Å²) in [5.74, 6) is -0.687. The van der Waals surface area contributed by atoms with Crippen LogP contribution in [-0.2, 0) is 9.53 Å². The van der Waals surface area contributed by atoms with Gasteiger partial charge in [-0.1, -0.05) is 19.4 Å². The van der Waals surface area contributed by atoms with Gasteiger partial charge in [-0.2, -0.15) is 13.2 Å². The lowest BCUT2D eigenvalue weighted by atomic mass is 10.3. The Balaban J connectivity index is 3.97. The fraction of sp³-hybridized carbons (Fsp3) is 0.667. The Labute approximate surface area is 100 Å². The lowest BCUT2D eigenvalue weighted by Gasteiger charge is -2.04. The third-order valence-electron chi connectivity index (χ3n) is 1.44. The molecule has 0 amide bonds. The molecule has 0 bridgehead atoms. The highest BCUT2D eigenvalue weighted by molar-refractivity contribution is 14.1. The lowest BCUT2D eigenvalue weighted by molar-refractivity contribution is -0.138. The van der Waals surface area contributed by atoms with E-state index in [0.29, 0.717) is 0 Å². The van der Waals surface area contributed by atoms with Crippen LogP contribution in [0.3, 0.4) is 0 Å². The number of alkyl halides is 3. The Morgan fingerprint density at radius 2 is 2.07 bits per heavy atom. The van der Waals surface area contributed by atoms with E-state index in [2.05, 4.69) is 0 Å². The molecule has 0 aliphatic carbocycles. The predicted octanol–water partition coefficient (Wildman–Crippen LogP) is 3.60. The smallest absolute Gasteiger partial charge is 0.392 e. The number of carbonyl (C=O) groups is 1. The zero-order chi connectivity index (χ0) is 11.9. The molecule has 88 valence electrons. The van der Waals surface area contributed by atoms with Crippen LogP contribution in [0, 0.1) is 0 Å². The fourth-order valence-corrected chi connectivity index (χ4v) is 1.04. The van der Waals surface area contributed by atoms with E-state index in [1.807, 2.05) is 6.92 Å². The summed E-state index contributed by atoms with van der Waals surface area (Å²) in [6.45, 7) is 2.18. The first kappa shape index (κ1) is 14.7. The number of halogens is 4. The molecule has 0 aliphatic rings. The van der Waals surface area contributed by atoms with Gasteiger partial charge in [-0.05, 0) is 29.0 Å². The quantitative estimate of drug-likeness (QED) is 0.332. The maximum Gasteiger partial charge on any atom is 0.392 e. The minimum atomic E-state index is -4.28. The van der Waals surface area contributed by atoms with E-state index in [1.165, 1.54) is 0 Å². The summed E-state index contributed by atoms with van der Waals surface area (Å²) in [5.41, 5.74) is 0. The molecule has 0 saturated heterocycles. The zero-order valence-corrected chi connectivity index (χ0v) is 10.4. The molecule has 0 aromatic rings. The fourth-order valence-electron chi connectivity index (χ4n) is 0.667. The Bertz CT molecular complexity index is 236. The standard InChI is InChI=1S/C9H12F3IO2/c1-2-3-6-15-8(14)7(13)4-5-9(10,11)12/h4H,2-3,5-6H2,1H3/b7-4-. The number of hydrogen-bond donors (Lipinski definition) is 0. The highest BCUT2D eigenvalue weighted by Gasteiger charge is 2.25. The van der Waals surface area contributed by atoms with Crippen LogP contribution in [0.4, 0.5) is 13.2 Å². The summed E-state index contributed by atoms with van der Waals surface area (Å²) in [7, 11) is 0. The van der Waals surface area contributed by atoms with Crippen LogP contribution in [0.15, 0.2) is 9.66 Å². The molecule has 0 aliphatic heterocycles. The number of unbranched alkanes of at least 4 members (excludes halogenated alkanes) is 1. The molecule has 0 rings (SSSR count). The van der Waals surface area contributed by atoms with Gasteiger partial charge >= 0.3 is 12.1 Å². The number of rotatable bonds is 5. The van der Waals surface area contributed by atoms with E-state index in [4.69, 9.17) is 4.74 Å². The largest absolute Gasteiger partial charge is 0.462 e. The number of ether oxygens (including phenoxy) is 1. The minimum absolute atomic E-state index is 0.0268. The van der Waals surface area contributed by atoms with Gasteiger partial charge in [0.25, 0.3) is 0 Å². The number of esters is 1. The molecule has 0 radical (unpaired) electrons. The lowest BCUT2D eigenvalue weighted by Crippen LogP contribution is -2.08. The van der Waals surface area contributed by atoms with Crippen LogP contribution in [0.25, 0.3) is 0 Å². The van der Waals surface area contributed by atoms with Gasteiger partial charge in [0, 0.05) is 0 Å². The molecule has 0 aromatic heterocycles. The van der Waals surface area contributed by atoms with Gasteiger partial charge in [0.1, 0.15) is 0 Å². The minimum Gasteiger partial charge on any atom is -0.462 e. The topological polar surface area (TPSA) is 26.3 Å². The van der Waals surface area contributed by atoms with Crippen molar-refractivity contribution in [3.8, 4) is 0 Å². The van der Waals surface area contributed by atoms with Gasteiger partial charge in [0.2, 0.25) is 0 Å². The maximum absolute atomic E-state index is 11.8. The summed E-state index contributed by atoms with van der Waals surface area (Å²) in [4.78, 5) is 11.1. The van der Waals surface area contributed by atoms with Crippen molar-refractivity contribution < 1.29 is 22.7 Å². The van der Waals surface area contributed by atoms with Crippen LogP contribution >= 0.6 is 22.6 Å². The van der Waals surface area contributed by atoms with E-state index in [-0.39, 0.29) is 10.2 Å². The Kier molecular flexibility index (Phi) is 6.95. The van der Waals surface area contributed by atoms with Crippen molar-refractivity contribution in [1.29, 1.82) is 0 Å². The van der Waals surface area contributed by atoms with Crippen molar-refractivity contribution in [1.82, 2.24) is 0 Å². The van der Waals surface area contributed by atoms with Gasteiger partial charge in [0.05, 0.1) is 16.6 Å². The summed E-state index contributed by atoms with van der Waals surface area (Å²) < 4.78 is 40.1. The van der Waals surface area contributed by atoms with Crippen molar-refractivity contribution in [3.63, 3.8) is 0 Å². The van der Waals surface area contributed by atoms with E-state index in [1.54, 1.807) is 22.6 Å². The molecular weight excluding hydrogens is 324 g/mol. The second-order valence-electron chi connectivity index (χ2n) is 2.86. The molecule has 0 atom stereocenters. The van der Waals surface area contributed by atoms with Gasteiger partial charge in [-0.25, -0.2) is 4.79 Å². The van der Waals surface area contributed by atoms with Crippen molar-refractivity contribution in [2.24, 2.45) is 0 Å².